The quantitative estimate of drug-likeness (QED) is 0.244. The Labute approximate surface area is 240 Å². The number of nitro benzene ring substituents is 1. The standard InChI is InChI=1S/C29H29N5O8/c1-42-23-12-10-21(11-13-23)30-29(39)33-15-14-32(25(35)16-19-6-3-2-4-7-19)28(33)27(38)31-24(18-26(36)37)20-8-5-9-22(17-20)34(40)41/h2-13,17,24,28H,14-16,18H2,1H3,(H,30,39)(H,31,38)(H,36,37). The third kappa shape index (κ3) is 7.18. The van der Waals surface area contributed by atoms with E-state index in [0.717, 1.165) is 0 Å². The Balaban J connectivity index is 1.62. The van der Waals surface area contributed by atoms with E-state index in [2.05, 4.69) is 10.6 Å². The number of rotatable bonds is 10. The molecule has 0 radical (unpaired) electrons. The van der Waals surface area contributed by atoms with Crippen molar-refractivity contribution in [3.8, 4) is 5.75 Å². The smallest absolute Gasteiger partial charge is 0.323 e. The Morgan fingerprint density at radius 2 is 1.69 bits per heavy atom. The number of carbonyl (C=O) groups excluding carboxylic acids is 3. The number of nitro groups is 1. The van der Waals surface area contributed by atoms with Gasteiger partial charge in [0.25, 0.3) is 11.6 Å². The van der Waals surface area contributed by atoms with E-state index in [1.54, 1.807) is 48.5 Å². The molecule has 1 heterocycles. The predicted octanol–water partition coefficient (Wildman–Crippen LogP) is 3.18. The van der Waals surface area contributed by atoms with Gasteiger partial charge < -0.3 is 25.4 Å². The Morgan fingerprint density at radius 1 is 1.00 bits per heavy atom. The van der Waals surface area contributed by atoms with Crippen molar-refractivity contribution in [3.05, 3.63) is 100 Å². The minimum absolute atomic E-state index is 0.0258. The highest BCUT2D eigenvalue weighted by Gasteiger charge is 2.43. The van der Waals surface area contributed by atoms with Crippen molar-refractivity contribution in [3.63, 3.8) is 0 Å². The van der Waals surface area contributed by atoms with E-state index in [0.29, 0.717) is 17.0 Å². The first-order valence-corrected chi connectivity index (χ1v) is 13.0. The summed E-state index contributed by atoms with van der Waals surface area (Å²) in [7, 11) is 1.51. The zero-order valence-corrected chi connectivity index (χ0v) is 22.6. The molecule has 218 valence electrons. The van der Waals surface area contributed by atoms with Crippen LogP contribution in [0, 0.1) is 10.1 Å². The normalized spacial score (nSPS) is 15.0. The fourth-order valence-corrected chi connectivity index (χ4v) is 4.65. The number of hydrogen-bond donors (Lipinski definition) is 3. The topological polar surface area (TPSA) is 171 Å². The van der Waals surface area contributed by atoms with Gasteiger partial charge in [-0.05, 0) is 35.4 Å². The molecule has 2 atom stereocenters. The molecule has 1 aliphatic heterocycles. The molecule has 0 bridgehead atoms. The molecule has 1 aliphatic rings. The second-order valence-corrected chi connectivity index (χ2v) is 9.49. The van der Waals surface area contributed by atoms with Gasteiger partial charge >= 0.3 is 12.0 Å². The van der Waals surface area contributed by atoms with Gasteiger partial charge in [-0.3, -0.25) is 29.4 Å². The van der Waals surface area contributed by atoms with Crippen molar-refractivity contribution in [2.24, 2.45) is 0 Å². The highest BCUT2D eigenvalue weighted by atomic mass is 16.6. The first kappa shape index (κ1) is 29.5. The number of benzene rings is 3. The molecule has 0 saturated carbocycles. The first-order valence-electron chi connectivity index (χ1n) is 13.0. The second-order valence-electron chi connectivity index (χ2n) is 9.49. The van der Waals surface area contributed by atoms with E-state index in [1.165, 1.54) is 41.2 Å². The van der Waals surface area contributed by atoms with Crippen molar-refractivity contribution in [1.82, 2.24) is 15.1 Å². The number of ether oxygens (including phenoxy) is 1. The Morgan fingerprint density at radius 3 is 2.33 bits per heavy atom. The van der Waals surface area contributed by atoms with Crippen LogP contribution in [0.1, 0.15) is 23.6 Å². The van der Waals surface area contributed by atoms with Crippen LogP contribution >= 0.6 is 0 Å². The fraction of sp³-hybridized carbons (Fsp3) is 0.241. The third-order valence-corrected chi connectivity index (χ3v) is 6.71. The highest BCUT2D eigenvalue weighted by Crippen LogP contribution is 2.25. The number of amides is 4. The highest BCUT2D eigenvalue weighted by molar-refractivity contribution is 5.96. The second kappa shape index (κ2) is 13.3. The van der Waals surface area contributed by atoms with Crippen molar-refractivity contribution >= 4 is 35.2 Å². The number of methoxy groups -OCH3 is 1. The predicted molar refractivity (Wildman–Crippen MR) is 151 cm³/mol. The number of hydrogen-bond acceptors (Lipinski definition) is 7. The maximum Gasteiger partial charge on any atom is 0.323 e. The Bertz CT molecular complexity index is 1460. The van der Waals surface area contributed by atoms with Crippen molar-refractivity contribution in [2.75, 3.05) is 25.5 Å². The lowest BCUT2D eigenvalue weighted by Gasteiger charge is -2.31. The van der Waals surface area contributed by atoms with Gasteiger partial charge in [0.2, 0.25) is 5.91 Å². The Kier molecular flexibility index (Phi) is 9.32. The van der Waals surface area contributed by atoms with Crippen LogP contribution in [0.25, 0.3) is 0 Å². The van der Waals surface area contributed by atoms with Gasteiger partial charge in [-0.1, -0.05) is 42.5 Å². The average molecular weight is 576 g/mol. The summed E-state index contributed by atoms with van der Waals surface area (Å²) in [5.74, 6) is -1.90. The lowest BCUT2D eigenvalue weighted by molar-refractivity contribution is -0.384. The Hall–Kier alpha value is -5.46. The monoisotopic (exact) mass is 575 g/mol. The molecule has 42 heavy (non-hydrogen) atoms. The first-order chi connectivity index (χ1) is 20.2. The molecular weight excluding hydrogens is 546 g/mol. The maximum absolute atomic E-state index is 13.8. The molecule has 3 aromatic rings. The van der Waals surface area contributed by atoms with Crippen LogP contribution in [0.5, 0.6) is 5.75 Å². The molecular formula is C29H29N5O8. The van der Waals surface area contributed by atoms with E-state index < -0.39 is 47.4 Å². The summed E-state index contributed by atoms with van der Waals surface area (Å²) in [6.07, 6.45) is -2.02. The van der Waals surface area contributed by atoms with Crippen LogP contribution in [0.3, 0.4) is 0 Å². The molecule has 13 nitrogen and oxygen atoms in total. The van der Waals surface area contributed by atoms with Gasteiger partial charge in [0.05, 0.1) is 30.9 Å². The van der Waals surface area contributed by atoms with Crippen LogP contribution < -0.4 is 15.4 Å². The molecule has 0 spiro atoms. The number of nitrogens with one attached hydrogen (secondary N) is 2. The molecule has 1 saturated heterocycles. The minimum atomic E-state index is -1.41. The van der Waals surface area contributed by atoms with E-state index >= 15 is 0 Å². The molecule has 4 amide bonds. The number of anilines is 1. The zero-order chi connectivity index (χ0) is 30.2. The summed E-state index contributed by atoms with van der Waals surface area (Å²) in [5.41, 5.74) is 1.05. The summed E-state index contributed by atoms with van der Waals surface area (Å²) in [6, 6.07) is 18.9. The van der Waals surface area contributed by atoms with Gasteiger partial charge in [-0.2, -0.15) is 0 Å². The fourth-order valence-electron chi connectivity index (χ4n) is 4.65. The van der Waals surface area contributed by atoms with Crippen LogP contribution in [0.15, 0.2) is 78.9 Å². The molecule has 4 rings (SSSR count). The average Bonchev–Trinajstić information content (AvgIpc) is 3.43. The van der Waals surface area contributed by atoms with Gasteiger partial charge in [0.15, 0.2) is 6.17 Å². The molecule has 1 fully saturated rings. The van der Waals surface area contributed by atoms with E-state index in [4.69, 9.17) is 4.74 Å². The largest absolute Gasteiger partial charge is 0.497 e. The van der Waals surface area contributed by atoms with Crippen LogP contribution in [0.4, 0.5) is 16.2 Å². The summed E-state index contributed by atoms with van der Waals surface area (Å²) in [4.78, 5) is 65.3. The van der Waals surface area contributed by atoms with Gasteiger partial charge in [0.1, 0.15) is 5.75 Å². The number of carboxylic acid groups (broad SMARTS) is 1. The summed E-state index contributed by atoms with van der Waals surface area (Å²) in [6.45, 7) is 0.0845. The number of carboxylic acids is 1. The molecule has 13 heteroatoms. The number of urea groups is 1. The summed E-state index contributed by atoms with van der Waals surface area (Å²) in [5, 5.41) is 26.1. The number of aliphatic carboxylic acids is 1. The van der Waals surface area contributed by atoms with Gasteiger partial charge in [-0.15, -0.1) is 0 Å². The van der Waals surface area contributed by atoms with Crippen LogP contribution in [0.2, 0.25) is 0 Å². The minimum Gasteiger partial charge on any atom is -0.497 e. The third-order valence-electron chi connectivity index (χ3n) is 6.71. The molecule has 0 aliphatic carbocycles. The lowest BCUT2D eigenvalue weighted by atomic mass is 10.0. The number of carbonyl (C=O) groups is 4. The lowest BCUT2D eigenvalue weighted by Crippen LogP contribution is -2.55. The van der Waals surface area contributed by atoms with E-state index in [1.807, 2.05) is 6.07 Å². The molecule has 3 aromatic carbocycles. The SMILES string of the molecule is COc1ccc(NC(=O)N2CCN(C(=O)Cc3ccccc3)C2C(=O)NC(CC(=O)O)c2cccc([N+](=O)[O-])c2)cc1. The van der Waals surface area contributed by atoms with Gasteiger partial charge in [0, 0.05) is 30.9 Å². The molecule has 3 N–H and O–H groups in total. The molecule has 0 aromatic heterocycles. The zero-order valence-electron chi connectivity index (χ0n) is 22.6. The van der Waals surface area contributed by atoms with E-state index in [-0.39, 0.29) is 30.8 Å². The maximum atomic E-state index is 13.8. The number of non-ortho nitro benzene ring substituents is 1. The van der Waals surface area contributed by atoms with Crippen LogP contribution in [-0.4, -0.2) is 70.0 Å². The van der Waals surface area contributed by atoms with Gasteiger partial charge in [-0.25, -0.2) is 4.79 Å². The summed E-state index contributed by atoms with van der Waals surface area (Å²) < 4.78 is 5.13. The van der Waals surface area contributed by atoms with Crippen molar-refractivity contribution in [2.45, 2.75) is 25.0 Å². The van der Waals surface area contributed by atoms with Crippen molar-refractivity contribution in [1.29, 1.82) is 0 Å². The molecule has 2 unspecified atom stereocenters. The van der Waals surface area contributed by atoms with Crippen LogP contribution in [-0.2, 0) is 20.8 Å². The number of nitrogens with zero attached hydrogens (tertiary/aromatic N) is 3. The van der Waals surface area contributed by atoms with E-state index in [9.17, 15) is 34.4 Å². The summed E-state index contributed by atoms with van der Waals surface area (Å²) >= 11 is 0. The van der Waals surface area contributed by atoms with Crippen molar-refractivity contribution < 1.29 is 33.9 Å².